The summed E-state index contributed by atoms with van der Waals surface area (Å²) in [7, 11) is 0. The maximum atomic E-state index is 5.82. The lowest BCUT2D eigenvalue weighted by molar-refractivity contribution is 0.624. The van der Waals surface area contributed by atoms with Crippen molar-refractivity contribution in [1.82, 2.24) is 0 Å². The Hall–Kier alpha value is -1.44. The molecule has 0 spiro atoms. The lowest BCUT2D eigenvalue weighted by Crippen LogP contribution is -2.05. The van der Waals surface area contributed by atoms with Gasteiger partial charge in [-0.25, -0.2) is 0 Å². The highest BCUT2D eigenvalue weighted by molar-refractivity contribution is 5.43. The molecule has 1 aliphatic carbocycles. The average Bonchev–Trinajstić information content (AvgIpc) is 2.12. The van der Waals surface area contributed by atoms with Crippen molar-refractivity contribution in [3.63, 3.8) is 0 Å². The molecule has 0 atom stereocenters. The van der Waals surface area contributed by atoms with E-state index in [9.17, 15) is 0 Å². The molecule has 2 heteroatoms. The van der Waals surface area contributed by atoms with E-state index in [1.54, 1.807) is 0 Å². The maximum absolute atomic E-state index is 5.82. The number of hydrogen-bond donors (Lipinski definition) is 2. The van der Waals surface area contributed by atoms with Gasteiger partial charge in [-0.3, -0.25) is 0 Å². The number of nitrogens with two attached hydrogens (primary N) is 2. The molecule has 0 saturated carbocycles. The van der Waals surface area contributed by atoms with Gasteiger partial charge < -0.3 is 11.5 Å². The van der Waals surface area contributed by atoms with Crippen LogP contribution in [0, 0.1) is 5.41 Å². The quantitative estimate of drug-likeness (QED) is 0.640. The molecule has 0 bridgehead atoms. The molecule has 0 unspecified atom stereocenters. The molecule has 0 aromatic rings. The van der Waals surface area contributed by atoms with Crippen molar-refractivity contribution >= 4 is 0 Å². The minimum absolute atomic E-state index is 0.0342. The molecular weight excluding hydrogens is 160 g/mol. The summed E-state index contributed by atoms with van der Waals surface area (Å²) in [5.74, 6) is 0. The first kappa shape index (κ1) is 9.65. The molecule has 0 aliphatic heterocycles. The first-order valence-corrected chi connectivity index (χ1v) is 4.32. The Balaban J connectivity index is 3.09. The van der Waals surface area contributed by atoms with Crippen molar-refractivity contribution in [3.8, 4) is 0 Å². The van der Waals surface area contributed by atoms with Gasteiger partial charge in [0.25, 0.3) is 0 Å². The highest BCUT2D eigenvalue weighted by Gasteiger charge is 2.13. The third-order valence-electron chi connectivity index (χ3n) is 1.94. The third-order valence-corrected chi connectivity index (χ3v) is 1.94. The van der Waals surface area contributed by atoms with Crippen LogP contribution < -0.4 is 11.5 Å². The van der Waals surface area contributed by atoms with Crippen molar-refractivity contribution in [3.05, 3.63) is 47.9 Å². The molecule has 1 rings (SSSR count). The van der Waals surface area contributed by atoms with E-state index >= 15 is 0 Å². The van der Waals surface area contributed by atoms with Gasteiger partial charge >= 0.3 is 0 Å². The maximum Gasteiger partial charge on any atom is 0.0385 e. The van der Waals surface area contributed by atoms with Gasteiger partial charge in [0.1, 0.15) is 0 Å². The van der Waals surface area contributed by atoms with Crippen LogP contribution in [0.2, 0.25) is 0 Å². The van der Waals surface area contributed by atoms with Crippen LogP contribution in [0.4, 0.5) is 0 Å². The summed E-state index contributed by atoms with van der Waals surface area (Å²) < 4.78 is 0. The largest absolute Gasteiger partial charge is 0.405 e. The highest BCUT2D eigenvalue weighted by Crippen LogP contribution is 2.25. The summed E-state index contributed by atoms with van der Waals surface area (Å²) in [5.41, 5.74) is 12.9. The Bertz CT molecular complexity index is 304. The molecule has 0 fully saturated rings. The normalized spacial score (nSPS) is 21.1. The van der Waals surface area contributed by atoms with Crippen LogP contribution in [0.3, 0.4) is 0 Å². The Morgan fingerprint density at radius 3 is 2.69 bits per heavy atom. The SMILES string of the molecule is CC1(C)C=CC=C(N)C(/C=C\N)=C1. The highest BCUT2D eigenvalue weighted by atomic mass is 14.6. The molecule has 0 saturated heterocycles. The van der Waals surface area contributed by atoms with E-state index in [4.69, 9.17) is 11.5 Å². The molecule has 70 valence electrons. The van der Waals surface area contributed by atoms with E-state index in [1.807, 2.05) is 18.2 Å². The fraction of sp³-hybridized carbons (Fsp3) is 0.273. The first-order chi connectivity index (χ1) is 6.05. The third kappa shape index (κ3) is 2.51. The molecule has 0 radical (unpaired) electrons. The summed E-state index contributed by atoms with van der Waals surface area (Å²) >= 11 is 0. The van der Waals surface area contributed by atoms with Gasteiger partial charge in [-0.1, -0.05) is 32.1 Å². The second kappa shape index (κ2) is 3.52. The van der Waals surface area contributed by atoms with Gasteiger partial charge in [0.05, 0.1) is 0 Å². The summed E-state index contributed by atoms with van der Waals surface area (Å²) in [6, 6.07) is 0. The Labute approximate surface area is 79.3 Å². The van der Waals surface area contributed by atoms with Crippen molar-refractivity contribution in [2.24, 2.45) is 16.9 Å². The Kier molecular flexibility index (Phi) is 2.61. The monoisotopic (exact) mass is 176 g/mol. The molecule has 4 N–H and O–H groups in total. The van der Waals surface area contributed by atoms with E-state index in [2.05, 4.69) is 26.0 Å². The average molecular weight is 176 g/mol. The first-order valence-electron chi connectivity index (χ1n) is 4.32. The van der Waals surface area contributed by atoms with Gasteiger partial charge in [-0.2, -0.15) is 0 Å². The van der Waals surface area contributed by atoms with E-state index in [0.29, 0.717) is 0 Å². The zero-order valence-electron chi connectivity index (χ0n) is 8.12. The van der Waals surface area contributed by atoms with Gasteiger partial charge in [-0.05, 0) is 23.9 Å². The van der Waals surface area contributed by atoms with Crippen LogP contribution in [-0.2, 0) is 0 Å². The zero-order valence-corrected chi connectivity index (χ0v) is 8.12. The molecule has 1 aliphatic rings. The smallest absolute Gasteiger partial charge is 0.0385 e. The Morgan fingerprint density at radius 2 is 2.08 bits per heavy atom. The van der Waals surface area contributed by atoms with Crippen LogP contribution in [0.1, 0.15) is 13.8 Å². The number of hydrogen-bond acceptors (Lipinski definition) is 2. The van der Waals surface area contributed by atoms with E-state index in [0.717, 1.165) is 11.3 Å². The lowest BCUT2D eigenvalue weighted by Gasteiger charge is -2.14. The molecule has 0 amide bonds. The van der Waals surface area contributed by atoms with Crippen LogP contribution in [-0.4, -0.2) is 0 Å². The van der Waals surface area contributed by atoms with Gasteiger partial charge in [0.15, 0.2) is 0 Å². The van der Waals surface area contributed by atoms with Gasteiger partial charge in [0, 0.05) is 11.1 Å². The predicted octanol–water partition coefficient (Wildman–Crippen LogP) is 1.82. The van der Waals surface area contributed by atoms with Crippen LogP contribution in [0.5, 0.6) is 0 Å². The van der Waals surface area contributed by atoms with Crippen LogP contribution in [0.25, 0.3) is 0 Å². The van der Waals surface area contributed by atoms with E-state index in [-0.39, 0.29) is 5.41 Å². The molecule has 0 aromatic heterocycles. The van der Waals surface area contributed by atoms with E-state index < -0.39 is 0 Å². The second-order valence-electron chi connectivity index (χ2n) is 3.76. The molecular formula is C11H16N2. The number of allylic oxidation sites excluding steroid dienone is 5. The molecule has 0 heterocycles. The zero-order chi connectivity index (χ0) is 9.90. The van der Waals surface area contributed by atoms with Crippen molar-refractivity contribution in [1.29, 1.82) is 0 Å². The topological polar surface area (TPSA) is 52.0 Å². The van der Waals surface area contributed by atoms with Gasteiger partial charge in [0.2, 0.25) is 0 Å². The lowest BCUT2D eigenvalue weighted by atomic mass is 9.91. The van der Waals surface area contributed by atoms with E-state index in [1.165, 1.54) is 6.20 Å². The fourth-order valence-corrected chi connectivity index (χ4v) is 1.28. The fourth-order valence-electron chi connectivity index (χ4n) is 1.28. The minimum atomic E-state index is 0.0342. The van der Waals surface area contributed by atoms with Crippen molar-refractivity contribution in [2.75, 3.05) is 0 Å². The second-order valence-corrected chi connectivity index (χ2v) is 3.76. The van der Waals surface area contributed by atoms with Crippen LogP contribution in [0.15, 0.2) is 47.9 Å². The molecule has 13 heavy (non-hydrogen) atoms. The molecule has 2 nitrogen and oxygen atoms in total. The summed E-state index contributed by atoms with van der Waals surface area (Å²) in [4.78, 5) is 0. The van der Waals surface area contributed by atoms with Crippen LogP contribution >= 0.6 is 0 Å². The minimum Gasteiger partial charge on any atom is -0.405 e. The van der Waals surface area contributed by atoms with Crippen molar-refractivity contribution < 1.29 is 0 Å². The standard InChI is InChI=1S/C11H16N2/c1-11(2)6-3-4-10(13)9(8-11)5-7-12/h3-8H,12-13H2,1-2H3/b7-5-. The summed E-state index contributed by atoms with van der Waals surface area (Å²) in [5, 5.41) is 0. The van der Waals surface area contributed by atoms with Crippen molar-refractivity contribution in [2.45, 2.75) is 13.8 Å². The predicted molar refractivity (Wildman–Crippen MR) is 56.6 cm³/mol. The Morgan fingerprint density at radius 1 is 1.38 bits per heavy atom. The molecule has 0 aromatic carbocycles. The van der Waals surface area contributed by atoms with Gasteiger partial charge in [-0.15, -0.1) is 0 Å². The summed E-state index contributed by atoms with van der Waals surface area (Å²) in [6.45, 7) is 4.25. The number of rotatable bonds is 1. The summed E-state index contributed by atoms with van der Waals surface area (Å²) in [6.07, 6.45) is 11.4.